The van der Waals surface area contributed by atoms with Gasteiger partial charge in [0.2, 0.25) is 5.91 Å². The van der Waals surface area contributed by atoms with E-state index in [1.54, 1.807) is 36.3 Å². The van der Waals surface area contributed by atoms with Gasteiger partial charge in [0.25, 0.3) is 5.91 Å². The Hall–Kier alpha value is -3.41. The molecule has 0 saturated heterocycles. The number of carbonyl (C=O) groups excluding carboxylic acids is 2. The molecule has 3 heterocycles. The van der Waals surface area contributed by atoms with Crippen molar-refractivity contribution in [3.05, 3.63) is 41.3 Å². The van der Waals surface area contributed by atoms with Crippen molar-refractivity contribution < 1.29 is 19.4 Å². The van der Waals surface area contributed by atoms with Gasteiger partial charge in [-0.15, -0.1) is 0 Å². The van der Waals surface area contributed by atoms with Crippen molar-refractivity contribution in [2.75, 3.05) is 55.8 Å². The number of aromatic nitrogens is 2. The van der Waals surface area contributed by atoms with Crippen molar-refractivity contribution in [1.29, 1.82) is 0 Å². The van der Waals surface area contributed by atoms with E-state index in [2.05, 4.69) is 31.2 Å². The molecule has 2 aliphatic rings. The van der Waals surface area contributed by atoms with Crippen LogP contribution in [-0.4, -0.2) is 77.7 Å². The average molecular weight is 488 g/mol. The highest BCUT2D eigenvalue weighted by atomic mass is 35.5. The summed E-state index contributed by atoms with van der Waals surface area (Å²) < 4.78 is 5.84. The fourth-order valence-corrected chi connectivity index (χ4v) is 3.89. The van der Waals surface area contributed by atoms with E-state index in [4.69, 9.17) is 16.3 Å². The quantitative estimate of drug-likeness (QED) is 0.400. The summed E-state index contributed by atoms with van der Waals surface area (Å²) in [6, 6.07) is 4.55. The number of ether oxygens (including phenoxy) is 1. The second-order valence-corrected chi connectivity index (χ2v) is 8.25. The zero-order chi connectivity index (χ0) is 24.1. The van der Waals surface area contributed by atoms with Gasteiger partial charge in [0.1, 0.15) is 29.8 Å². The van der Waals surface area contributed by atoms with Crippen LogP contribution in [0.2, 0.25) is 5.02 Å². The number of nitrogens with zero attached hydrogens (tertiary/aromatic N) is 3. The number of benzene rings is 1. The number of rotatable bonds is 1. The van der Waals surface area contributed by atoms with E-state index in [1.165, 1.54) is 6.33 Å². The first-order chi connectivity index (χ1) is 16.5. The third kappa shape index (κ3) is 5.22. The Balaban J connectivity index is 1.63. The molecule has 180 valence electrons. The van der Waals surface area contributed by atoms with Gasteiger partial charge in [0.05, 0.1) is 29.4 Å². The van der Waals surface area contributed by atoms with E-state index >= 15 is 0 Å². The maximum absolute atomic E-state index is 12.6. The fraction of sp³-hybridized carbons (Fsp3) is 0.364. The molecule has 2 amide bonds. The van der Waals surface area contributed by atoms with Gasteiger partial charge in [-0.05, 0) is 25.6 Å². The molecule has 0 aliphatic carbocycles. The summed E-state index contributed by atoms with van der Waals surface area (Å²) in [6.07, 6.45) is 3.56. The number of hydrogen-bond donors (Lipinski definition) is 5. The molecule has 0 fully saturated rings. The molecule has 34 heavy (non-hydrogen) atoms. The SMILES string of the molecule is CN1CCCOc2cc(ccc2Cl)N/C=C2\C(=O)Nc3ncnc(c32)NCCNC(=O)[C@H]1CO. The Bertz CT molecular complexity index is 1110. The number of amides is 2. The minimum absolute atomic E-state index is 0.282. The molecular weight excluding hydrogens is 462 g/mol. The Kier molecular flexibility index (Phi) is 7.46. The van der Waals surface area contributed by atoms with Gasteiger partial charge in [-0.3, -0.25) is 14.5 Å². The van der Waals surface area contributed by atoms with Crippen LogP contribution >= 0.6 is 11.6 Å². The van der Waals surface area contributed by atoms with Crippen molar-refractivity contribution >= 4 is 46.3 Å². The Morgan fingerprint density at radius 1 is 1.21 bits per heavy atom. The first-order valence-electron chi connectivity index (χ1n) is 10.9. The van der Waals surface area contributed by atoms with Gasteiger partial charge in [-0.25, -0.2) is 9.97 Å². The lowest BCUT2D eigenvalue weighted by Gasteiger charge is -2.25. The maximum atomic E-state index is 12.6. The molecule has 11 nitrogen and oxygen atoms in total. The Labute approximate surface area is 201 Å². The monoisotopic (exact) mass is 487 g/mol. The molecule has 1 aromatic heterocycles. The molecule has 2 bridgehead atoms. The summed E-state index contributed by atoms with van der Waals surface area (Å²) in [5.74, 6) is 0.747. The summed E-state index contributed by atoms with van der Waals surface area (Å²) >= 11 is 6.28. The van der Waals surface area contributed by atoms with E-state index in [9.17, 15) is 14.7 Å². The molecule has 1 aromatic carbocycles. The number of carbonyl (C=O) groups is 2. The topological polar surface area (TPSA) is 141 Å². The Morgan fingerprint density at radius 3 is 2.82 bits per heavy atom. The molecule has 2 aromatic rings. The molecule has 0 saturated carbocycles. The van der Waals surface area contributed by atoms with E-state index in [0.29, 0.717) is 71.9 Å². The van der Waals surface area contributed by atoms with Crippen LogP contribution in [0.25, 0.3) is 5.57 Å². The molecular formula is C22H26ClN7O4. The van der Waals surface area contributed by atoms with Gasteiger partial charge in [-0.1, -0.05) is 11.6 Å². The number of anilines is 3. The molecule has 12 heteroatoms. The summed E-state index contributed by atoms with van der Waals surface area (Å²) in [6.45, 7) is 1.27. The molecule has 0 spiro atoms. The van der Waals surface area contributed by atoms with E-state index in [-0.39, 0.29) is 18.4 Å². The first kappa shape index (κ1) is 23.7. The van der Waals surface area contributed by atoms with Crippen LogP contribution in [0.15, 0.2) is 30.7 Å². The lowest BCUT2D eigenvalue weighted by atomic mass is 10.1. The van der Waals surface area contributed by atoms with E-state index < -0.39 is 6.04 Å². The maximum Gasteiger partial charge on any atom is 0.259 e. The lowest BCUT2D eigenvalue weighted by Crippen LogP contribution is -2.48. The molecule has 5 N–H and O–H groups in total. The lowest BCUT2D eigenvalue weighted by molar-refractivity contribution is -0.127. The van der Waals surface area contributed by atoms with Crippen molar-refractivity contribution in [2.24, 2.45) is 0 Å². The van der Waals surface area contributed by atoms with Crippen molar-refractivity contribution in [3.63, 3.8) is 0 Å². The number of hydrogen-bond acceptors (Lipinski definition) is 9. The normalized spacial score (nSPS) is 21.1. The van der Waals surface area contributed by atoms with Crippen LogP contribution in [0.4, 0.5) is 17.3 Å². The molecule has 2 aliphatic heterocycles. The summed E-state index contributed by atoms with van der Waals surface area (Å²) in [5, 5.41) is 22.0. The standard InChI is InChI=1S/C22H26ClN7O4/c1-30-7-2-8-34-17-9-13(3-4-15(17)23)26-10-14-18-19(27-12-28-20(18)29-21(14)32)24-5-6-25-22(33)16(30)11-31/h3-4,9-10,12,16,26,31H,2,5-8,11H2,1H3,(H,25,33)(H2,24,27,28,29,32)/b14-10-/t16-/m1/s1. The average Bonchev–Trinajstić information content (AvgIpc) is 3.15. The fourth-order valence-electron chi connectivity index (χ4n) is 3.71. The minimum atomic E-state index is -0.683. The van der Waals surface area contributed by atoms with Gasteiger partial charge >= 0.3 is 0 Å². The van der Waals surface area contributed by atoms with Crippen molar-refractivity contribution in [1.82, 2.24) is 20.2 Å². The van der Waals surface area contributed by atoms with Gasteiger partial charge in [-0.2, -0.15) is 0 Å². The van der Waals surface area contributed by atoms with Crippen LogP contribution in [0.5, 0.6) is 5.75 Å². The predicted octanol–water partition coefficient (Wildman–Crippen LogP) is 1.14. The number of halogens is 1. The molecule has 0 radical (unpaired) electrons. The van der Waals surface area contributed by atoms with Gasteiger partial charge in [0.15, 0.2) is 0 Å². The number of nitrogens with one attached hydrogen (secondary N) is 4. The molecule has 1 atom stereocenters. The summed E-state index contributed by atoms with van der Waals surface area (Å²) in [5.41, 5.74) is 1.58. The van der Waals surface area contributed by atoms with Crippen LogP contribution < -0.4 is 26.0 Å². The van der Waals surface area contributed by atoms with Gasteiger partial charge in [0, 0.05) is 37.6 Å². The third-order valence-electron chi connectivity index (χ3n) is 5.54. The van der Waals surface area contributed by atoms with Crippen molar-refractivity contribution in [3.8, 4) is 5.75 Å². The summed E-state index contributed by atoms with van der Waals surface area (Å²) in [7, 11) is 1.78. The smallest absolute Gasteiger partial charge is 0.259 e. The second kappa shape index (κ2) is 10.7. The zero-order valence-electron chi connectivity index (χ0n) is 18.6. The molecule has 4 rings (SSSR count). The van der Waals surface area contributed by atoms with Crippen LogP contribution in [0.1, 0.15) is 12.0 Å². The second-order valence-electron chi connectivity index (χ2n) is 7.85. The van der Waals surface area contributed by atoms with Crippen LogP contribution in [0.3, 0.4) is 0 Å². The number of fused-ring (bicyclic) bond motifs is 2. The largest absolute Gasteiger partial charge is 0.492 e. The number of likely N-dealkylation sites (N-methyl/N-ethyl adjacent to an activating group) is 1. The van der Waals surface area contributed by atoms with E-state index in [0.717, 1.165) is 0 Å². The van der Waals surface area contributed by atoms with E-state index in [1.807, 2.05) is 0 Å². The summed E-state index contributed by atoms with van der Waals surface area (Å²) in [4.78, 5) is 35.4. The number of aliphatic hydroxyl groups excluding tert-OH is 1. The number of aliphatic hydroxyl groups is 1. The minimum Gasteiger partial charge on any atom is -0.492 e. The highest BCUT2D eigenvalue weighted by Gasteiger charge is 2.29. The van der Waals surface area contributed by atoms with Crippen LogP contribution in [-0.2, 0) is 9.59 Å². The third-order valence-corrected chi connectivity index (χ3v) is 5.86. The Morgan fingerprint density at radius 2 is 2.00 bits per heavy atom. The highest BCUT2D eigenvalue weighted by molar-refractivity contribution is 6.33. The van der Waals surface area contributed by atoms with Crippen LogP contribution in [0, 0.1) is 0 Å². The zero-order valence-corrected chi connectivity index (χ0v) is 19.4. The highest BCUT2D eigenvalue weighted by Crippen LogP contribution is 2.35. The predicted molar refractivity (Wildman–Crippen MR) is 129 cm³/mol. The van der Waals surface area contributed by atoms with Crippen molar-refractivity contribution in [2.45, 2.75) is 12.5 Å². The van der Waals surface area contributed by atoms with Gasteiger partial charge < -0.3 is 31.1 Å². The molecule has 0 unspecified atom stereocenters. The first-order valence-corrected chi connectivity index (χ1v) is 11.2.